The molecule has 0 aliphatic carbocycles. The standard InChI is InChI=1S/C18H23N3/c1-2-3-6-16(13-20-12-10-19-15-20)14-21-11-9-17-7-4-5-8-18(17)21/h4-5,7-12,15-16H,2-3,6,13-14H2,1H3. The molecule has 2 heterocycles. The van der Waals surface area contributed by atoms with Crippen LogP contribution in [-0.2, 0) is 13.1 Å². The fourth-order valence-corrected chi connectivity index (χ4v) is 3.00. The van der Waals surface area contributed by atoms with Crippen molar-refractivity contribution in [1.29, 1.82) is 0 Å². The van der Waals surface area contributed by atoms with Gasteiger partial charge in [-0.25, -0.2) is 4.98 Å². The summed E-state index contributed by atoms with van der Waals surface area (Å²) in [5, 5.41) is 1.33. The molecule has 0 spiro atoms. The maximum Gasteiger partial charge on any atom is 0.0946 e. The highest BCUT2D eigenvalue weighted by Crippen LogP contribution is 2.20. The Labute approximate surface area is 126 Å². The normalized spacial score (nSPS) is 12.8. The fourth-order valence-electron chi connectivity index (χ4n) is 3.00. The largest absolute Gasteiger partial charge is 0.347 e. The zero-order valence-electron chi connectivity index (χ0n) is 12.7. The molecule has 2 aromatic heterocycles. The highest BCUT2D eigenvalue weighted by atomic mass is 15.0. The number of imidazole rings is 1. The van der Waals surface area contributed by atoms with E-state index in [1.807, 2.05) is 12.5 Å². The van der Waals surface area contributed by atoms with Gasteiger partial charge in [0, 0.05) is 37.2 Å². The Hall–Kier alpha value is -2.03. The van der Waals surface area contributed by atoms with Crippen molar-refractivity contribution in [2.75, 3.05) is 0 Å². The van der Waals surface area contributed by atoms with Crippen LogP contribution in [0.1, 0.15) is 26.2 Å². The summed E-state index contributed by atoms with van der Waals surface area (Å²) in [6, 6.07) is 10.8. The highest BCUT2D eigenvalue weighted by molar-refractivity contribution is 5.79. The lowest BCUT2D eigenvalue weighted by molar-refractivity contribution is 0.356. The van der Waals surface area contributed by atoms with Crippen molar-refractivity contribution in [3.8, 4) is 0 Å². The Balaban J connectivity index is 1.76. The van der Waals surface area contributed by atoms with Crippen molar-refractivity contribution < 1.29 is 0 Å². The van der Waals surface area contributed by atoms with Gasteiger partial charge in [0.05, 0.1) is 6.33 Å². The molecule has 110 valence electrons. The van der Waals surface area contributed by atoms with Gasteiger partial charge in [-0.05, 0) is 29.9 Å². The van der Waals surface area contributed by atoms with E-state index in [1.165, 1.54) is 30.2 Å². The van der Waals surface area contributed by atoms with Crippen LogP contribution in [-0.4, -0.2) is 14.1 Å². The number of unbranched alkanes of at least 4 members (excludes halogenated alkanes) is 1. The Morgan fingerprint density at radius 2 is 2.00 bits per heavy atom. The first-order valence-electron chi connectivity index (χ1n) is 7.86. The molecule has 0 fully saturated rings. The number of fused-ring (bicyclic) bond motifs is 1. The van der Waals surface area contributed by atoms with E-state index in [0.29, 0.717) is 5.92 Å². The molecule has 3 heteroatoms. The summed E-state index contributed by atoms with van der Waals surface area (Å²) in [7, 11) is 0. The number of aromatic nitrogens is 3. The zero-order chi connectivity index (χ0) is 14.5. The number of benzene rings is 1. The first kappa shape index (κ1) is 13.9. The number of hydrogen-bond donors (Lipinski definition) is 0. The molecule has 0 N–H and O–H groups in total. The van der Waals surface area contributed by atoms with E-state index in [9.17, 15) is 0 Å². The molecule has 1 unspecified atom stereocenters. The van der Waals surface area contributed by atoms with E-state index in [1.54, 1.807) is 0 Å². The number of rotatable bonds is 7. The molecule has 0 bridgehead atoms. The van der Waals surface area contributed by atoms with Crippen LogP contribution in [0, 0.1) is 5.92 Å². The van der Waals surface area contributed by atoms with Crippen molar-refractivity contribution in [2.24, 2.45) is 5.92 Å². The van der Waals surface area contributed by atoms with Crippen molar-refractivity contribution >= 4 is 10.9 Å². The first-order valence-corrected chi connectivity index (χ1v) is 7.86. The van der Waals surface area contributed by atoms with E-state index in [0.717, 1.165) is 13.1 Å². The SMILES string of the molecule is CCCCC(Cn1ccnc1)Cn1ccc2ccccc21. The molecule has 1 atom stereocenters. The predicted octanol–water partition coefficient (Wildman–Crippen LogP) is 4.34. The molecule has 3 aromatic rings. The van der Waals surface area contributed by atoms with Gasteiger partial charge >= 0.3 is 0 Å². The third kappa shape index (κ3) is 3.35. The molecule has 0 saturated heterocycles. The lowest BCUT2D eigenvalue weighted by Gasteiger charge is -2.19. The van der Waals surface area contributed by atoms with Gasteiger partial charge in [0.25, 0.3) is 0 Å². The van der Waals surface area contributed by atoms with Gasteiger partial charge in [0.1, 0.15) is 0 Å². The third-order valence-electron chi connectivity index (χ3n) is 4.13. The average molecular weight is 281 g/mol. The maximum atomic E-state index is 4.16. The zero-order valence-corrected chi connectivity index (χ0v) is 12.7. The van der Waals surface area contributed by atoms with Gasteiger partial charge in [-0.2, -0.15) is 0 Å². The van der Waals surface area contributed by atoms with Crippen LogP contribution in [0.4, 0.5) is 0 Å². The Morgan fingerprint density at radius 3 is 2.81 bits per heavy atom. The predicted molar refractivity (Wildman–Crippen MR) is 87.2 cm³/mol. The summed E-state index contributed by atoms with van der Waals surface area (Å²) in [4.78, 5) is 4.16. The summed E-state index contributed by atoms with van der Waals surface area (Å²) in [6.45, 7) is 4.39. The van der Waals surface area contributed by atoms with Crippen LogP contribution in [0.3, 0.4) is 0 Å². The molecule has 1 aromatic carbocycles. The lowest BCUT2D eigenvalue weighted by Crippen LogP contribution is -2.16. The van der Waals surface area contributed by atoms with Crippen molar-refractivity contribution in [2.45, 2.75) is 39.3 Å². The van der Waals surface area contributed by atoms with E-state index in [-0.39, 0.29) is 0 Å². The summed E-state index contributed by atoms with van der Waals surface area (Å²) in [5.74, 6) is 0.648. The van der Waals surface area contributed by atoms with Crippen LogP contribution >= 0.6 is 0 Å². The average Bonchev–Trinajstić information content (AvgIpc) is 3.15. The van der Waals surface area contributed by atoms with Gasteiger partial charge in [-0.15, -0.1) is 0 Å². The van der Waals surface area contributed by atoms with E-state index in [4.69, 9.17) is 0 Å². The summed E-state index contributed by atoms with van der Waals surface area (Å²) < 4.78 is 4.60. The number of para-hydroxylation sites is 1. The smallest absolute Gasteiger partial charge is 0.0946 e. The second-order valence-electron chi connectivity index (χ2n) is 5.79. The van der Waals surface area contributed by atoms with Gasteiger partial charge in [-0.1, -0.05) is 38.0 Å². The van der Waals surface area contributed by atoms with Crippen LogP contribution in [0.15, 0.2) is 55.2 Å². The van der Waals surface area contributed by atoms with Gasteiger partial charge < -0.3 is 9.13 Å². The Kier molecular flexibility index (Phi) is 4.39. The third-order valence-corrected chi connectivity index (χ3v) is 4.13. The van der Waals surface area contributed by atoms with Gasteiger partial charge in [-0.3, -0.25) is 0 Å². The molecule has 21 heavy (non-hydrogen) atoms. The second kappa shape index (κ2) is 6.61. The minimum atomic E-state index is 0.648. The molecule has 3 nitrogen and oxygen atoms in total. The molecule has 0 amide bonds. The van der Waals surface area contributed by atoms with Crippen molar-refractivity contribution in [3.63, 3.8) is 0 Å². The Morgan fingerprint density at radius 1 is 1.10 bits per heavy atom. The lowest BCUT2D eigenvalue weighted by atomic mass is 10.0. The van der Waals surface area contributed by atoms with Crippen molar-refractivity contribution in [3.05, 3.63) is 55.2 Å². The fraction of sp³-hybridized carbons (Fsp3) is 0.389. The monoisotopic (exact) mass is 281 g/mol. The molecule has 0 saturated carbocycles. The molecular formula is C18H23N3. The molecule has 0 radical (unpaired) electrons. The minimum Gasteiger partial charge on any atom is -0.347 e. The van der Waals surface area contributed by atoms with E-state index >= 15 is 0 Å². The number of nitrogens with zero attached hydrogens (tertiary/aromatic N) is 3. The Bertz CT molecular complexity index is 667. The quantitative estimate of drug-likeness (QED) is 0.631. The maximum absolute atomic E-state index is 4.16. The van der Waals surface area contributed by atoms with Crippen molar-refractivity contribution in [1.82, 2.24) is 14.1 Å². The molecule has 0 aliphatic rings. The number of hydrogen-bond acceptors (Lipinski definition) is 1. The molecule has 3 rings (SSSR count). The highest BCUT2D eigenvalue weighted by Gasteiger charge is 2.11. The minimum absolute atomic E-state index is 0.648. The van der Waals surface area contributed by atoms with Crippen LogP contribution in [0.2, 0.25) is 0 Å². The summed E-state index contributed by atoms with van der Waals surface area (Å²) in [6.07, 6.45) is 11.9. The topological polar surface area (TPSA) is 22.8 Å². The van der Waals surface area contributed by atoms with Crippen LogP contribution < -0.4 is 0 Å². The molecular weight excluding hydrogens is 258 g/mol. The van der Waals surface area contributed by atoms with E-state index in [2.05, 4.69) is 63.8 Å². The van der Waals surface area contributed by atoms with E-state index < -0.39 is 0 Å². The summed E-state index contributed by atoms with van der Waals surface area (Å²) >= 11 is 0. The first-order chi connectivity index (χ1) is 10.4. The van der Waals surface area contributed by atoms with Crippen LogP contribution in [0.5, 0.6) is 0 Å². The van der Waals surface area contributed by atoms with Gasteiger partial charge in [0.15, 0.2) is 0 Å². The summed E-state index contributed by atoms with van der Waals surface area (Å²) in [5.41, 5.74) is 1.34. The van der Waals surface area contributed by atoms with Gasteiger partial charge in [0.2, 0.25) is 0 Å². The molecule has 0 aliphatic heterocycles. The second-order valence-corrected chi connectivity index (χ2v) is 5.79. The van der Waals surface area contributed by atoms with Crippen LogP contribution in [0.25, 0.3) is 10.9 Å².